The fourth-order valence-corrected chi connectivity index (χ4v) is 5.67. The summed E-state index contributed by atoms with van der Waals surface area (Å²) in [5, 5.41) is 16.0. The van der Waals surface area contributed by atoms with Crippen LogP contribution in [0.15, 0.2) is 47.4 Å². The molecule has 1 N–H and O–H groups in total. The summed E-state index contributed by atoms with van der Waals surface area (Å²) in [5.41, 5.74) is 0.710. The van der Waals surface area contributed by atoms with Gasteiger partial charge in [-0.15, -0.1) is 0 Å². The van der Waals surface area contributed by atoms with E-state index in [1.165, 1.54) is 10.7 Å². The number of carbonyl (C=O) groups excluding carboxylic acids is 1. The second-order valence-electron chi connectivity index (χ2n) is 9.31. The third-order valence-corrected chi connectivity index (χ3v) is 8.19. The van der Waals surface area contributed by atoms with Crippen LogP contribution >= 0.6 is 0 Å². The lowest BCUT2D eigenvalue weighted by molar-refractivity contribution is -0.385. The van der Waals surface area contributed by atoms with Crippen LogP contribution in [-0.2, 0) is 10.0 Å². The van der Waals surface area contributed by atoms with Gasteiger partial charge in [0.15, 0.2) is 5.69 Å². The molecular formula is C26H31N5O7S. The van der Waals surface area contributed by atoms with Gasteiger partial charge in [-0.05, 0) is 63.4 Å². The first-order chi connectivity index (χ1) is 18.6. The van der Waals surface area contributed by atoms with Crippen molar-refractivity contribution in [2.45, 2.75) is 51.0 Å². The highest BCUT2D eigenvalue weighted by atomic mass is 32.2. The molecule has 0 saturated carbocycles. The van der Waals surface area contributed by atoms with E-state index in [1.807, 2.05) is 6.92 Å². The van der Waals surface area contributed by atoms with Gasteiger partial charge in [0, 0.05) is 36.8 Å². The third kappa shape index (κ3) is 5.88. The Morgan fingerprint density at radius 1 is 1.18 bits per heavy atom. The number of non-ortho nitro benzene ring substituents is 1. The van der Waals surface area contributed by atoms with Crippen molar-refractivity contribution in [2.24, 2.45) is 0 Å². The van der Waals surface area contributed by atoms with Crippen molar-refractivity contribution in [3.8, 4) is 23.1 Å². The maximum Gasteiger partial charge on any atom is 0.274 e. The number of amides is 1. The van der Waals surface area contributed by atoms with Crippen LogP contribution in [0.1, 0.15) is 49.2 Å². The largest absolute Gasteiger partial charge is 0.497 e. The normalized spacial score (nSPS) is 14.3. The average Bonchev–Trinajstić information content (AvgIpc) is 3.57. The van der Waals surface area contributed by atoms with Gasteiger partial charge in [-0.2, -0.15) is 9.78 Å². The molecule has 1 aliphatic heterocycles. The predicted molar refractivity (Wildman–Crippen MR) is 143 cm³/mol. The zero-order valence-electron chi connectivity index (χ0n) is 22.2. The summed E-state index contributed by atoms with van der Waals surface area (Å²) >= 11 is 0. The summed E-state index contributed by atoms with van der Waals surface area (Å²) in [6.07, 6.45) is 2.32. The molecule has 39 heavy (non-hydrogen) atoms. The molecule has 1 aromatic heterocycles. The highest BCUT2D eigenvalue weighted by Gasteiger charge is 2.30. The van der Waals surface area contributed by atoms with Gasteiger partial charge in [0.1, 0.15) is 16.4 Å². The summed E-state index contributed by atoms with van der Waals surface area (Å²) in [6.45, 7) is 6.41. The number of hydrogen-bond donors (Lipinski definition) is 1. The van der Waals surface area contributed by atoms with E-state index in [1.54, 1.807) is 50.1 Å². The number of carbonyl (C=O) groups is 1. The van der Waals surface area contributed by atoms with Crippen molar-refractivity contribution >= 4 is 21.6 Å². The van der Waals surface area contributed by atoms with E-state index in [2.05, 4.69) is 9.82 Å². The molecule has 208 valence electrons. The van der Waals surface area contributed by atoms with E-state index in [0.717, 1.165) is 25.0 Å². The number of nitro benzene ring substituents is 1. The van der Waals surface area contributed by atoms with Crippen LogP contribution in [0.4, 0.5) is 5.69 Å². The molecule has 0 bridgehead atoms. The van der Waals surface area contributed by atoms with Crippen LogP contribution in [0.3, 0.4) is 0 Å². The van der Waals surface area contributed by atoms with E-state index in [0.29, 0.717) is 36.5 Å². The number of nitrogens with one attached hydrogen (secondary N) is 1. The number of methoxy groups -OCH3 is 1. The Morgan fingerprint density at radius 3 is 2.44 bits per heavy atom. The van der Waals surface area contributed by atoms with E-state index >= 15 is 0 Å². The first-order valence-electron chi connectivity index (χ1n) is 12.6. The van der Waals surface area contributed by atoms with Crippen molar-refractivity contribution < 1.29 is 27.6 Å². The predicted octanol–water partition coefficient (Wildman–Crippen LogP) is 4.20. The maximum absolute atomic E-state index is 13.3. The van der Waals surface area contributed by atoms with Gasteiger partial charge in [-0.3, -0.25) is 14.9 Å². The third-order valence-electron chi connectivity index (χ3n) is 6.58. The number of nitro groups is 1. The molecular weight excluding hydrogens is 526 g/mol. The van der Waals surface area contributed by atoms with Crippen LogP contribution in [0, 0.1) is 17.0 Å². The van der Waals surface area contributed by atoms with Crippen LogP contribution in [0.2, 0.25) is 0 Å². The van der Waals surface area contributed by atoms with Gasteiger partial charge < -0.3 is 14.4 Å². The monoisotopic (exact) mass is 557 g/mol. The number of rotatable bonds is 10. The molecule has 0 radical (unpaired) electrons. The van der Waals surface area contributed by atoms with Crippen molar-refractivity contribution in [1.29, 1.82) is 0 Å². The molecule has 13 heteroatoms. The van der Waals surface area contributed by atoms with Gasteiger partial charge in [-0.25, -0.2) is 13.1 Å². The fourth-order valence-electron chi connectivity index (χ4n) is 4.19. The second kappa shape index (κ2) is 11.4. The number of sulfonamides is 1. The molecule has 1 unspecified atom stereocenters. The Bertz CT molecular complexity index is 1480. The molecule has 2 heterocycles. The summed E-state index contributed by atoms with van der Waals surface area (Å²) in [7, 11) is -2.66. The molecule has 4 rings (SSSR count). The van der Waals surface area contributed by atoms with E-state index in [-0.39, 0.29) is 23.2 Å². The van der Waals surface area contributed by atoms with Crippen molar-refractivity contribution in [2.75, 3.05) is 20.2 Å². The molecule has 12 nitrogen and oxygen atoms in total. The van der Waals surface area contributed by atoms with Crippen LogP contribution < -0.4 is 14.2 Å². The number of likely N-dealkylation sites (tertiary alicyclic amines) is 1. The highest BCUT2D eigenvalue weighted by Crippen LogP contribution is 2.36. The van der Waals surface area contributed by atoms with Crippen LogP contribution in [0.5, 0.6) is 17.4 Å². The number of hydrogen-bond acceptors (Lipinski definition) is 8. The standard InChI is InChI=1S/C26H31N5O7S/c1-5-17(2)28-39(35,36)23-16-20(31(33)34)10-13-22(23)38-26-18(3)24(25(32)29-14-6-7-15-29)27-30(26)19-8-11-21(37-4)12-9-19/h8-13,16-17,28H,5-7,14-15H2,1-4H3. The lowest BCUT2D eigenvalue weighted by Gasteiger charge is -2.16. The molecule has 3 aromatic rings. The summed E-state index contributed by atoms with van der Waals surface area (Å²) in [5.74, 6) is 0.321. The quantitative estimate of drug-likeness (QED) is 0.288. The van der Waals surface area contributed by atoms with Gasteiger partial charge in [0.05, 0.1) is 17.7 Å². The minimum absolute atomic E-state index is 0.108. The number of aromatic nitrogens is 2. The average molecular weight is 558 g/mol. The molecule has 0 aliphatic carbocycles. The first kappa shape index (κ1) is 28.0. The van der Waals surface area contributed by atoms with Crippen molar-refractivity contribution in [1.82, 2.24) is 19.4 Å². The maximum atomic E-state index is 13.3. The number of nitrogens with zero attached hydrogens (tertiary/aromatic N) is 4. The van der Waals surface area contributed by atoms with Crippen LogP contribution in [0.25, 0.3) is 5.69 Å². The molecule has 1 saturated heterocycles. The topological polar surface area (TPSA) is 146 Å². The smallest absolute Gasteiger partial charge is 0.274 e. The van der Waals surface area contributed by atoms with Crippen molar-refractivity contribution in [3.63, 3.8) is 0 Å². The van der Waals surface area contributed by atoms with Crippen molar-refractivity contribution in [3.05, 3.63) is 63.8 Å². The molecule has 0 spiro atoms. The zero-order chi connectivity index (χ0) is 28.3. The Kier molecular flexibility index (Phi) is 8.21. The molecule has 1 aliphatic rings. The Balaban J connectivity index is 1.86. The minimum Gasteiger partial charge on any atom is -0.497 e. The number of ether oxygens (including phenoxy) is 2. The highest BCUT2D eigenvalue weighted by molar-refractivity contribution is 7.89. The van der Waals surface area contributed by atoms with Gasteiger partial charge >= 0.3 is 0 Å². The first-order valence-corrected chi connectivity index (χ1v) is 14.1. The van der Waals surface area contributed by atoms with Gasteiger partial charge in [-0.1, -0.05) is 6.92 Å². The zero-order valence-corrected chi connectivity index (χ0v) is 23.0. The lowest BCUT2D eigenvalue weighted by atomic mass is 10.2. The second-order valence-corrected chi connectivity index (χ2v) is 11.0. The summed E-state index contributed by atoms with van der Waals surface area (Å²) in [6, 6.07) is 9.82. The van der Waals surface area contributed by atoms with Gasteiger partial charge in [0.2, 0.25) is 15.9 Å². The number of benzene rings is 2. The summed E-state index contributed by atoms with van der Waals surface area (Å²) in [4.78, 5) is 25.4. The summed E-state index contributed by atoms with van der Waals surface area (Å²) < 4.78 is 41.9. The molecule has 1 fully saturated rings. The van der Waals surface area contributed by atoms with E-state index in [4.69, 9.17) is 9.47 Å². The molecule has 1 amide bonds. The fraction of sp³-hybridized carbons (Fsp3) is 0.385. The van der Waals surface area contributed by atoms with Gasteiger partial charge in [0.25, 0.3) is 11.6 Å². The molecule has 1 atom stereocenters. The van der Waals surface area contributed by atoms with Crippen LogP contribution in [-0.4, -0.2) is 60.2 Å². The molecule has 2 aromatic carbocycles. The Labute approximate surface area is 226 Å². The lowest BCUT2D eigenvalue weighted by Crippen LogP contribution is -2.32. The van der Waals surface area contributed by atoms with E-state index in [9.17, 15) is 23.3 Å². The minimum atomic E-state index is -4.20. The Hall–Kier alpha value is -3.97. The van der Waals surface area contributed by atoms with E-state index < -0.39 is 31.6 Å². The Morgan fingerprint density at radius 2 is 1.85 bits per heavy atom. The SMILES string of the molecule is CCC(C)NS(=O)(=O)c1cc([N+](=O)[O-])ccc1Oc1c(C)c(C(=O)N2CCCC2)nn1-c1ccc(OC)cc1.